The number of H-pyrrole nitrogens is 1. The van der Waals surface area contributed by atoms with Gasteiger partial charge in [0, 0.05) is 35.8 Å². The van der Waals surface area contributed by atoms with Gasteiger partial charge >= 0.3 is 10.8 Å². The maximum atomic E-state index is 13.2. The van der Waals surface area contributed by atoms with Crippen LogP contribution in [0.2, 0.25) is 0 Å². The highest BCUT2D eigenvalue weighted by molar-refractivity contribution is 8.00. The standard InChI is InChI=1S/C23H23N3O5S2/c1-25(2)10-5-3-9(4-6-10)14-15-11-7-12(18(15)32-20-19(14)33-23(31)24-20)17-16(11)21(29)26(22(17)30)8-13(27)28/h3-6,11-12,14-18H,7-8H2,1-2H3,(H,24,31)(H,27,28)/t11?,12?,14-,15?,16?,17?,18?/m1/s1. The molecule has 2 amide bonds. The summed E-state index contributed by atoms with van der Waals surface area (Å²) in [5, 5.41) is 10.2. The molecule has 6 rings (SSSR count). The third-order valence-electron chi connectivity index (χ3n) is 7.88. The van der Waals surface area contributed by atoms with Gasteiger partial charge < -0.3 is 15.0 Å². The number of carbonyl (C=O) groups is 3. The minimum absolute atomic E-state index is 0.00313. The fraction of sp³-hybridized carbons (Fsp3) is 0.478. The first-order valence-electron chi connectivity index (χ1n) is 11.0. The number of hydrogen-bond acceptors (Lipinski definition) is 7. The largest absolute Gasteiger partial charge is 0.480 e. The van der Waals surface area contributed by atoms with Crippen LogP contribution in [0.5, 0.6) is 0 Å². The minimum Gasteiger partial charge on any atom is -0.480 e. The summed E-state index contributed by atoms with van der Waals surface area (Å²) < 4.78 is 0. The van der Waals surface area contributed by atoms with Crippen LogP contribution in [-0.2, 0) is 14.4 Å². The van der Waals surface area contributed by atoms with Crippen LogP contribution in [-0.4, -0.2) is 58.7 Å². The molecule has 1 saturated heterocycles. The number of rotatable bonds is 4. The molecule has 4 aliphatic rings. The molecule has 6 unspecified atom stereocenters. The predicted octanol–water partition coefficient (Wildman–Crippen LogP) is 2.06. The minimum atomic E-state index is -1.17. The molecule has 2 saturated carbocycles. The van der Waals surface area contributed by atoms with Crippen LogP contribution in [0, 0.1) is 29.6 Å². The number of hydrogen-bond donors (Lipinski definition) is 2. The van der Waals surface area contributed by atoms with Gasteiger partial charge in [0.15, 0.2) is 0 Å². The van der Waals surface area contributed by atoms with E-state index in [9.17, 15) is 24.3 Å². The molecule has 1 aromatic carbocycles. The highest BCUT2D eigenvalue weighted by atomic mass is 32.2. The van der Waals surface area contributed by atoms with Gasteiger partial charge in [-0.25, -0.2) is 0 Å². The van der Waals surface area contributed by atoms with E-state index in [0.717, 1.165) is 32.5 Å². The molecule has 1 aromatic heterocycles. The Morgan fingerprint density at radius 2 is 1.79 bits per heavy atom. The van der Waals surface area contributed by atoms with Gasteiger partial charge in [-0.2, -0.15) is 0 Å². The zero-order chi connectivity index (χ0) is 23.2. The molecule has 8 nitrogen and oxygen atoms in total. The number of nitrogens with one attached hydrogen (secondary N) is 1. The van der Waals surface area contributed by atoms with Crippen molar-refractivity contribution in [3.63, 3.8) is 0 Å². The van der Waals surface area contributed by atoms with Crippen molar-refractivity contribution in [2.24, 2.45) is 29.6 Å². The molecular formula is C23H23N3O5S2. The number of amides is 2. The number of imide groups is 1. The van der Waals surface area contributed by atoms with Crippen LogP contribution in [0.1, 0.15) is 22.8 Å². The molecule has 0 spiro atoms. The fourth-order valence-corrected chi connectivity index (χ4v) is 9.61. The molecule has 7 atom stereocenters. The number of thioether (sulfide) groups is 1. The summed E-state index contributed by atoms with van der Waals surface area (Å²) in [6.45, 7) is -0.567. The number of carbonyl (C=O) groups excluding carboxylic acids is 2. The van der Waals surface area contributed by atoms with Crippen LogP contribution < -0.4 is 9.77 Å². The summed E-state index contributed by atoms with van der Waals surface area (Å²) in [7, 11) is 3.97. The number of carboxylic acid groups (broad SMARTS) is 1. The number of benzene rings is 1. The zero-order valence-electron chi connectivity index (χ0n) is 18.1. The Morgan fingerprint density at radius 1 is 1.12 bits per heavy atom. The van der Waals surface area contributed by atoms with Crippen molar-refractivity contribution in [2.45, 2.75) is 22.6 Å². The first-order valence-corrected chi connectivity index (χ1v) is 12.7. The second kappa shape index (κ2) is 7.20. The quantitative estimate of drug-likeness (QED) is 0.638. The van der Waals surface area contributed by atoms with Crippen molar-refractivity contribution in [1.82, 2.24) is 9.88 Å². The van der Waals surface area contributed by atoms with E-state index in [2.05, 4.69) is 29.2 Å². The molecule has 2 aliphatic carbocycles. The molecule has 2 N–H and O–H groups in total. The molecule has 3 fully saturated rings. The normalized spacial score (nSPS) is 33.8. The Hall–Kier alpha value is -2.59. The van der Waals surface area contributed by atoms with Crippen LogP contribution in [0.4, 0.5) is 5.69 Å². The number of aromatic amines is 1. The van der Waals surface area contributed by atoms with Gasteiger partial charge in [0.2, 0.25) is 11.8 Å². The molecule has 2 aliphatic heterocycles. The van der Waals surface area contributed by atoms with Gasteiger partial charge in [-0.15, -0.1) is 11.8 Å². The Bertz CT molecular complexity index is 1240. The van der Waals surface area contributed by atoms with Gasteiger partial charge in [-0.05, 0) is 41.9 Å². The Balaban J connectivity index is 1.43. The van der Waals surface area contributed by atoms with E-state index in [0.29, 0.717) is 0 Å². The lowest BCUT2D eigenvalue weighted by Gasteiger charge is -2.43. The van der Waals surface area contributed by atoms with E-state index in [4.69, 9.17) is 0 Å². The summed E-state index contributed by atoms with van der Waals surface area (Å²) in [5.74, 6) is -2.65. The lowest BCUT2D eigenvalue weighted by atomic mass is 9.68. The van der Waals surface area contributed by atoms with Gasteiger partial charge in [0.25, 0.3) is 0 Å². The fourth-order valence-electron chi connectivity index (χ4n) is 6.72. The third-order valence-corrected chi connectivity index (χ3v) is 10.5. The summed E-state index contributed by atoms with van der Waals surface area (Å²) in [6.07, 6.45) is 0.793. The van der Waals surface area contributed by atoms with Crippen molar-refractivity contribution >= 4 is 46.6 Å². The van der Waals surface area contributed by atoms with E-state index in [1.54, 1.807) is 11.8 Å². The average molecular weight is 486 g/mol. The molecule has 0 radical (unpaired) electrons. The lowest BCUT2D eigenvalue weighted by molar-refractivity contribution is -0.149. The monoisotopic (exact) mass is 485 g/mol. The van der Waals surface area contributed by atoms with Crippen molar-refractivity contribution in [3.05, 3.63) is 44.4 Å². The number of anilines is 1. The predicted molar refractivity (Wildman–Crippen MR) is 124 cm³/mol. The highest BCUT2D eigenvalue weighted by Crippen LogP contribution is 2.68. The molecule has 2 bridgehead atoms. The van der Waals surface area contributed by atoms with E-state index >= 15 is 0 Å². The van der Waals surface area contributed by atoms with Crippen molar-refractivity contribution < 1.29 is 19.5 Å². The van der Waals surface area contributed by atoms with Crippen molar-refractivity contribution in [2.75, 3.05) is 25.5 Å². The smallest absolute Gasteiger partial charge is 0.323 e. The van der Waals surface area contributed by atoms with Crippen molar-refractivity contribution in [3.8, 4) is 0 Å². The number of aliphatic carboxylic acids is 1. The number of likely N-dealkylation sites (tertiary alicyclic amines) is 1. The molecule has 33 heavy (non-hydrogen) atoms. The van der Waals surface area contributed by atoms with Crippen LogP contribution in [0.3, 0.4) is 0 Å². The first kappa shape index (κ1) is 21.0. The summed E-state index contributed by atoms with van der Waals surface area (Å²) in [6, 6.07) is 8.33. The third kappa shape index (κ3) is 2.89. The van der Waals surface area contributed by atoms with E-state index in [1.165, 1.54) is 11.3 Å². The average Bonchev–Trinajstić information content (AvgIpc) is 3.49. The Labute approximate surface area is 198 Å². The maximum absolute atomic E-state index is 13.2. The summed E-state index contributed by atoms with van der Waals surface area (Å²) >= 11 is 2.87. The first-order chi connectivity index (χ1) is 15.8. The molecule has 10 heteroatoms. The number of nitrogens with zero attached hydrogens (tertiary/aromatic N) is 2. The number of thiazole rings is 1. The second-order valence-corrected chi connectivity index (χ2v) is 11.8. The summed E-state index contributed by atoms with van der Waals surface area (Å²) in [4.78, 5) is 56.7. The molecular weight excluding hydrogens is 462 g/mol. The van der Waals surface area contributed by atoms with Gasteiger partial charge in [-0.1, -0.05) is 23.5 Å². The molecule has 172 valence electrons. The van der Waals surface area contributed by atoms with Crippen LogP contribution in [0.15, 0.2) is 34.1 Å². The molecule has 3 heterocycles. The van der Waals surface area contributed by atoms with E-state index in [-0.39, 0.29) is 45.6 Å². The highest BCUT2D eigenvalue weighted by Gasteiger charge is 2.69. The van der Waals surface area contributed by atoms with Crippen molar-refractivity contribution in [1.29, 1.82) is 0 Å². The molecule has 2 aromatic rings. The van der Waals surface area contributed by atoms with Crippen LogP contribution in [0.25, 0.3) is 0 Å². The van der Waals surface area contributed by atoms with E-state index in [1.807, 2.05) is 19.0 Å². The number of fused-ring (bicyclic) bond motifs is 9. The SMILES string of the molecule is CN(C)c1ccc([C@H]2c3sc(=O)[nH]c3SC3C4CC(C5C(=O)N(CC(=O)O)C(=O)C45)C32)cc1. The van der Waals surface area contributed by atoms with Crippen LogP contribution >= 0.6 is 23.1 Å². The maximum Gasteiger partial charge on any atom is 0.323 e. The Kier molecular flexibility index (Phi) is 4.58. The van der Waals surface area contributed by atoms with Gasteiger partial charge in [0.1, 0.15) is 6.54 Å². The second-order valence-electron chi connectivity index (χ2n) is 9.60. The number of carboxylic acids is 1. The zero-order valence-corrected chi connectivity index (χ0v) is 19.7. The van der Waals surface area contributed by atoms with E-state index < -0.39 is 24.3 Å². The van der Waals surface area contributed by atoms with Gasteiger partial charge in [-0.3, -0.25) is 24.1 Å². The lowest BCUT2D eigenvalue weighted by Crippen LogP contribution is -2.42. The summed E-state index contributed by atoms with van der Waals surface area (Å²) in [5.41, 5.74) is 2.19. The number of aromatic nitrogens is 1. The Morgan fingerprint density at radius 3 is 2.42 bits per heavy atom. The van der Waals surface area contributed by atoms with Gasteiger partial charge in [0.05, 0.1) is 16.9 Å². The topological polar surface area (TPSA) is 111 Å².